The summed E-state index contributed by atoms with van der Waals surface area (Å²) in [5.74, 6) is 0.881. The van der Waals surface area contributed by atoms with E-state index in [0.29, 0.717) is 6.61 Å². The Bertz CT molecular complexity index is 599. The monoisotopic (exact) mass is 301 g/mol. The van der Waals surface area contributed by atoms with Gasteiger partial charge in [-0.25, -0.2) is 0 Å². The smallest absolute Gasteiger partial charge is 0.132 e. The highest BCUT2D eigenvalue weighted by Gasteiger charge is 2.17. The first-order chi connectivity index (χ1) is 10.5. The van der Waals surface area contributed by atoms with E-state index in [0.717, 1.165) is 30.1 Å². The topological polar surface area (TPSA) is 49.9 Å². The summed E-state index contributed by atoms with van der Waals surface area (Å²) in [7, 11) is 1.94. The molecule has 0 saturated carbocycles. The van der Waals surface area contributed by atoms with Crippen LogP contribution < -0.4 is 10.1 Å². The largest absolute Gasteiger partial charge is 0.487 e. The van der Waals surface area contributed by atoms with Crippen molar-refractivity contribution in [3.05, 3.63) is 46.8 Å². The molecule has 0 radical (unpaired) electrons. The van der Waals surface area contributed by atoms with Crippen molar-refractivity contribution < 1.29 is 4.74 Å². The molecule has 0 spiro atoms. The van der Waals surface area contributed by atoms with E-state index in [1.54, 1.807) is 0 Å². The second kappa shape index (κ2) is 6.97. The van der Waals surface area contributed by atoms with E-state index in [2.05, 4.69) is 48.4 Å². The Hall–Kier alpha value is -1.81. The van der Waals surface area contributed by atoms with E-state index in [4.69, 9.17) is 4.74 Å². The van der Waals surface area contributed by atoms with E-state index < -0.39 is 0 Å². The fourth-order valence-electron chi connectivity index (χ4n) is 2.39. The molecular formula is C18H27N3O. The minimum atomic E-state index is 0.206. The van der Waals surface area contributed by atoms with Crippen molar-refractivity contribution in [3.63, 3.8) is 0 Å². The second-order valence-corrected chi connectivity index (χ2v) is 6.35. The summed E-state index contributed by atoms with van der Waals surface area (Å²) < 4.78 is 5.88. The third-order valence-corrected chi connectivity index (χ3v) is 4.41. The number of aryl methyl sites for hydroxylation is 1. The van der Waals surface area contributed by atoms with Gasteiger partial charge in [0, 0.05) is 17.8 Å². The van der Waals surface area contributed by atoms with Gasteiger partial charge < -0.3 is 10.1 Å². The van der Waals surface area contributed by atoms with Crippen LogP contribution in [0.4, 0.5) is 0 Å². The molecule has 4 heteroatoms. The summed E-state index contributed by atoms with van der Waals surface area (Å²) >= 11 is 0. The Balaban J connectivity index is 2.03. The maximum atomic E-state index is 5.88. The Labute approximate surface area is 133 Å². The second-order valence-electron chi connectivity index (χ2n) is 6.35. The Morgan fingerprint density at radius 1 is 1.23 bits per heavy atom. The van der Waals surface area contributed by atoms with Crippen molar-refractivity contribution >= 4 is 0 Å². The van der Waals surface area contributed by atoms with Crippen LogP contribution in [-0.4, -0.2) is 17.2 Å². The number of nitrogens with one attached hydrogen (secondary N) is 2. The Morgan fingerprint density at radius 3 is 2.50 bits per heavy atom. The number of hydrogen-bond acceptors (Lipinski definition) is 3. The first kappa shape index (κ1) is 16.6. The van der Waals surface area contributed by atoms with Crippen LogP contribution in [0.5, 0.6) is 5.75 Å². The average Bonchev–Trinajstić information content (AvgIpc) is 2.87. The molecule has 22 heavy (non-hydrogen) atoms. The van der Waals surface area contributed by atoms with Gasteiger partial charge in [0.15, 0.2) is 0 Å². The molecule has 0 bridgehead atoms. The van der Waals surface area contributed by atoms with Crippen LogP contribution >= 0.6 is 0 Å². The van der Waals surface area contributed by atoms with Gasteiger partial charge in [0.05, 0.1) is 0 Å². The molecule has 1 aromatic carbocycles. The molecule has 0 aliphatic carbocycles. The van der Waals surface area contributed by atoms with Crippen molar-refractivity contribution in [2.45, 2.75) is 52.7 Å². The zero-order chi connectivity index (χ0) is 16.2. The molecule has 0 saturated heterocycles. The molecule has 2 aromatic rings. The number of hydrogen-bond donors (Lipinski definition) is 2. The zero-order valence-electron chi connectivity index (χ0n) is 14.3. The summed E-state index contributed by atoms with van der Waals surface area (Å²) in [5.41, 5.74) is 4.79. The van der Waals surface area contributed by atoms with E-state index in [-0.39, 0.29) is 5.41 Å². The average molecular weight is 301 g/mol. The van der Waals surface area contributed by atoms with Gasteiger partial charge in [-0.15, -0.1) is 0 Å². The predicted molar refractivity (Wildman–Crippen MR) is 90.2 cm³/mol. The summed E-state index contributed by atoms with van der Waals surface area (Å²) in [6.07, 6.45) is 1.12. The molecule has 0 amide bonds. The van der Waals surface area contributed by atoms with Gasteiger partial charge in [0.1, 0.15) is 18.1 Å². The molecule has 0 unspecified atom stereocenters. The molecule has 2 N–H and O–H groups in total. The van der Waals surface area contributed by atoms with Crippen molar-refractivity contribution in [1.82, 2.24) is 15.5 Å². The summed E-state index contributed by atoms with van der Waals surface area (Å²) in [4.78, 5) is 0. The molecule has 0 atom stereocenters. The molecule has 2 rings (SSSR count). The van der Waals surface area contributed by atoms with Crippen LogP contribution in [0, 0.1) is 6.92 Å². The molecule has 0 fully saturated rings. The van der Waals surface area contributed by atoms with Crippen LogP contribution in [0.1, 0.15) is 49.7 Å². The number of ether oxygens (including phenoxy) is 1. The summed E-state index contributed by atoms with van der Waals surface area (Å²) in [6.45, 7) is 10.1. The van der Waals surface area contributed by atoms with Crippen LogP contribution in [-0.2, 0) is 18.6 Å². The lowest BCUT2D eigenvalue weighted by atomic mass is 9.82. The van der Waals surface area contributed by atoms with Gasteiger partial charge in [-0.1, -0.05) is 32.9 Å². The molecule has 0 aliphatic rings. The molecule has 120 valence electrons. The fraction of sp³-hybridized carbons (Fsp3) is 0.500. The summed E-state index contributed by atoms with van der Waals surface area (Å²) in [6, 6.07) is 8.40. The van der Waals surface area contributed by atoms with Crippen molar-refractivity contribution in [3.8, 4) is 5.75 Å². The normalized spacial score (nSPS) is 11.7. The lowest BCUT2D eigenvalue weighted by molar-refractivity contribution is 0.299. The Kier molecular flexibility index (Phi) is 5.24. The van der Waals surface area contributed by atoms with Crippen LogP contribution in [0.25, 0.3) is 0 Å². The first-order valence-corrected chi connectivity index (χ1v) is 7.88. The van der Waals surface area contributed by atoms with Gasteiger partial charge in [-0.2, -0.15) is 5.10 Å². The van der Waals surface area contributed by atoms with Crippen molar-refractivity contribution in [2.75, 3.05) is 7.05 Å². The molecule has 1 heterocycles. The van der Waals surface area contributed by atoms with Gasteiger partial charge in [0.2, 0.25) is 0 Å². The minimum Gasteiger partial charge on any atom is -0.487 e. The third kappa shape index (κ3) is 3.69. The lowest BCUT2D eigenvalue weighted by Crippen LogP contribution is -2.15. The maximum Gasteiger partial charge on any atom is 0.132 e. The van der Waals surface area contributed by atoms with Crippen LogP contribution in [0.2, 0.25) is 0 Å². The van der Waals surface area contributed by atoms with Crippen molar-refractivity contribution in [2.24, 2.45) is 0 Å². The van der Waals surface area contributed by atoms with Gasteiger partial charge in [-0.3, -0.25) is 5.10 Å². The Morgan fingerprint density at radius 2 is 1.91 bits per heavy atom. The maximum absolute atomic E-state index is 5.88. The number of H-pyrrole nitrogens is 1. The van der Waals surface area contributed by atoms with Crippen LogP contribution in [0.15, 0.2) is 24.3 Å². The van der Waals surface area contributed by atoms with Gasteiger partial charge in [0.25, 0.3) is 0 Å². The molecule has 4 nitrogen and oxygen atoms in total. The first-order valence-electron chi connectivity index (χ1n) is 7.88. The van der Waals surface area contributed by atoms with Crippen molar-refractivity contribution in [1.29, 1.82) is 0 Å². The fourth-order valence-corrected chi connectivity index (χ4v) is 2.39. The van der Waals surface area contributed by atoms with E-state index in [1.807, 2.05) is 26.1 Å². The number of aromatic amines is 1. The van der Waals surface area contributed by atoms with Gasteiger partial charge in [-0.05, 0) is 43.5 Å². The van der Waals surface area contributed by atoms with E-state index in [1.165, 1.54) is 11.1 Å². The molecular weight excluding hydrogens is 274 g/mol. The number of aromatic nitrogens is 2. The SMILES string of the molecule is CCC(C)(C)c1ccc(OCc2n[nH]c(C)c2CNC)cc1. The highest BCUT2D eigenvalue weighted by Crippen LogP contribution is 2.28. The highest BCUT2D eigenvalue weighted by atomic mass is 16.5. The number of rotatable bonds is 7. The standard InChI is InChI=1S/C18H27N3O/c1-6-18(3,4)14-7-9-15(10-8-14)22-12-17-16(11-19-5)13(2)20-21-17/h7-10,19H,6,11-12H2,1-5H3,(H,20,21). The van der Waals surface area contributed by atoms with Gasteiger partial charge >= 0.3 is 0 Å². The predicted octanol–water partition coefficient (Wildman–Crippen LogP) is 3.70. The highest BCUT2D eigenvalue weighted by molar-refractivity contribution is 5.32. The minimum absolute atomic E-state index is 0.206. The van der Waals surface area contributed by atoms with E-state index in [9.17, 15) is 0 Å². The quantitative estimate of drug-likeness (QED) is 0.819. The molecule has 0 aliphatic heterocycles. The summed E-state index contributed by atoms with van der Waals surface area (Å²) in [5, 5.41) is 10.5. The van der Waals surface area contributed by atoms with Crippen LogP contribution in [0.3, 0.4) is 0 Å². The molecule has 1 aromatic heterocycles. The number of benzene rings is 1. The van der Waals surface area contributed by atoms with E-state index >= 15 is 0 Å². The zero-order valence-corrected chi connectivity index (χ0v) is 14.3. The number of nitrogens with zero attached hydrogens (tertiary/aromatic N) is 1. The third-order valence-electron chi connectivity index (χ3n) is 4.41. The lowest BCUT2D eigenvalue weighted by Gasteiger charge is -2.23.